The Bertz CT molecular complexity index is 1010. The first-order valence-electron chi connectivity index (χ1n) is 7.64. The van der Waals surface area contributed by atoms with E-state index in [4.69, 9.17) is 4.74 Å². The van der Waals surface area contributed by atoms with E-state index >= 15 is 0 Å². The summed E-state index contributed by atoms with van der Waals surface area (Å²) in [4.78, 5) is 29.7. The number of ether oxygens (including phenoxy) is 1. The number of fused-ring (bicyclic) bond motifs is 1. The highest BCUT2D eigenvalue weighted by molar-refractivity contribution is 7.16. The second-order valence-electron chi connectivity index (χ2n) is 5.10. The molecule has 0 spiro atoms. The summed E-state index contributed by atoms with van der Waals surface area (Å²) in [6.07, 6.45) is 3.23. The number of amides is 1. The Hall–Kier alpha value is -2.51. The molecule has 2 aromatic heterocycles. The molecule has 0 fully saturated rings. The van der Waals surface area contributed by atoms with Crippen LogP contribution in [0.4, 0.5) is 0 Å². The van der Waals surface area contributed by atoms with Crippen molar-refractivity contribution in [1.82, 2.24) is 4.57 Å². The molecule has 0 saturated heterocycles. The number of carbonyl (C=O) groups is 2. The fourth-order valence-corrected chi connectivity index (χ4v) is 4.14. The minimum Gasteiger partial charge on any atom is -0.465 e. The van der Waals surface area contributed by atoms with Crippen LogP contribution in [0, 0.1) is 0 Å². The SMILES string of the molecule is CCn1c(=NC(=O)/C=C/c2cccs2)sc2cc(C(=O)OC)ccc21. The number of thiazole rings is 1. The molecule has 0 aliphatic heterocycles. The maximum atomic E-state index is 12.1. The second kappa shape index (κ2) is 7.58. The van der Waals surface area contributed by atoms with E-state index in [1.807, 2.05) is 35.1 Å². The Morgan fingerprint density at radius 2 is 2.16 bits per heavy atom. The standard InChI is InChI=1S/C18H16N2O3S2/c1-3-20-14-8-6-12(17(22)23-2)11-15(14)25-18(20)19-16(21)9-7-13-5-4-10-24-13/h4-11H,3H2,1-2H3/b9-7+,19-18?. The molecule has 0 unspecified atom stereocenters. The summed E-state index contributed by atoms with van der Waals surface area (Å²) in [5.41, 5.74) is 1.42. The molecular formula is C18H16N2O3S2. The Balaban J connectivity index is 1.99. The number of hydrogen-bond acceptors (Lipinski definition) is 5. The van der Waals surface area contributed by atoms with E-state index in [0.29, 0.717) is 16.9 Å². The van der Waals surface area contributed by atoms with Crippen LogP contribution in [0.3, 0.4) is 0 Å². The predicted molar refractivity (Wildman–Crippen MR) is 101 cm³/mol. The average molecular weight is 372 g/mol. The number of aromatic nitrogens is 1. The zero-order valence-corrected chi connectivity index (χ0v) is 15.4. The van der Waals surface area contributed by atoms with Crippen molar-refractivity contribution in [3.63, 3.8) is 0 Å². The topological polar surface area (TPSA) is 60.7 Å². The van der Waals surface area contributed by atoms with Crippen LogP contribution in [0.1, 0.15) is 22.2 Å². The largest absolute Gasteiger partial charge is 0.465 e. The number of methoxy groups -OCH3 is 1. The van der Waals surface area contributed by atoms with Gasteiger partial charge in [-0.05, 0) is 42.6 Å². The molecule has 7 heteroatoms. The van der Waals surface area contributed by atoms with E-state index in [1.54, 1.807) is 29.5 Å². The molecule has 0 bridgehead atoms. The van der Waals surface area contributed by atoms with Crippen molar-refractivity contribution in [2.24, 2.45) is 4.99 Å². The summed E-state index contributed by atoms with van der Waals surface area (Å²) in [7, 11) is 1.35. The van der Waals surface area contributed by atoms with Gasteiger partial charge in [0.15, 0.2) is 4.80 Å². The van der Waals surface area contributed by atoms with Gasteiger partial charge in [0.05, 0.1) is 22.9 Å². The van der Waals surface area contributed by atoms with Gasteiger partial charge in [-0.25, -0.2) is 4.79 Å². The van der Waals surface area contributed by atoms with Gasteiger partial charge in [0.1, 0.15) is 0 Å². The number of esters is 1. The highest BCUT2D eigenvalue weighted by Crippen LogP contribution is 2.20. The molecule has 0 saturated carbocycles. The monoisotopic (exact) mass is 372 g/mol. The summed E-state index contributed by atoms with van der Waals surface area (Å²) < 4.78 is 7.60. The highest BCUT2D eigenvalue weighted by Gasteiger charge is 2.10. The molecule has 3 aromatic rings. The van der Waals surface area contributed by atoms with E-state index in [2.05, 4.69) is 4.99 Å². The lowest BCUT2D eigenvalue weighted by Crippen LogP contribution is -2.15. The lowest BCUT2D eigenvalue weighted by atomic mass is 10.2. The maximum Gasteiger partial charge on any atom is 0.337 e. The zero-order valence-electron chi connectivity index (χ0n) is 13.8. The van der Waals surface area contributed by atoms with Crippen molar-refractivity contribution in [3.05, 3.63) is 57.0 Å². The summed E-state index contributed by atoms with van der Waals surface area (Å²) in [5.74, 6) is -0.692. The third-order valence-corrected chi connectivity index (χ3v) is 5.44. The molecule has 3 rings (SSSR count). The second-order valence-corrected chi connectivity index (χ2v) is 7.09. The number of nitrogens with zero attached hydrogens (tertiary/aromatic N) is 2. The van der Waals surface area contributed by atoms with Gasteiger partial charge in [-0.1, -0.05) is 17.4 Å². The van der Waals surface area contributed by atoms with Crippen molar-refractivity contribution in [1.29, 1.82) is 0 Å². The third-order valence-electron chi connectivity index (χ3n) is 3.56. The predicted octanol–water partition coefficient (Wildman–Crippen LogP) is 3.71. The van der Waals surface area contributed by atoms with Crippen LogP contribution in [0.15, 0.2) is 46.8 Å². The van der Waals surface area contributed by atoms with Crippen molar-refractivity contribution >= 4 is 50.8 Å². The fraction of sp³-hybridized carbons (Fsp3) is 0.167. The molecule has 1 amide bonds. The van der Waals surface area contributed by atoms with Gasteiger partial charge in [0, 0.05) is 17.5 Å². The number of aryl methyl sites for hydroxylation is 1. The molecule has 1 aromatic carbocycles. The third kappa shape index (κ3) is 3.78. The lowest BCUT2D eigenvalue weighted by molar-refractivity contribution is -0.113. The first-order valence-corrected chi connectivity index (χ1v) is 9.34. The van der Waals surface area contributed by atoms with Crippen LogP contribution in [0.5, 0.6) is 0 Å². The number of hydrogen-bond donors (Lipinski definition) is 0. The zero-order chi connectivity index (χ0) is 17.8. The normalized spacial score (nSPS) is 12.2. The Morgan fingerprint density at radius 3 is 2.84 bits per heavy atom. The van der Waals surface area contributed by atoms with E-state index < -0.39 is 0 Å². The van der Waals surface area contributed by atoms with Gasteiger partial charge in [-0.15, -0.1) is 11.3 Å². The smallest absolute Gasteiger partial charge is 0.337 e. The Morgan fingerprint density at radius 1 is 1.32 bits per heavy atom. The quantitative estimate of drug-likeness (QED) is 0.518. The van der Waals surface area contributed by atoms with Crippen LogP contribution < -0.4 is 4.80 Å². The molecule has 128 valence electrons. The molecule has 25 heavy (non-hydrogen) atoms. The summed E-state index contributed by atoms with van der Waals surface area (Å²) in [5, 5.41) is 1.96. The fourth-order valence-electron chi connectivity index (χ4n) is 2.38. The average Bonchev–Trinajstić information content (AvgIpc) is 3.25. The first kappa shape index (κ1) is 17.3. The van der Waals surface area contributed by atoms with Gasteiger partial charge in [-0.2, -0.15) is 4.99 Å². The van der Waals surface area contributed by atoms with Gasteiger partial charge in [-0.3, -0.25) is 4.79 Å². The van der Waals surface area contributed by atoms with Crippen LogP contribution in [0.2, 0.25) is 0 Å². The van der Waals surface area contributed by atoms with E-state index in [9.17, 15) is 9.59 Å². The molecule has 0 aliphatic carbocycles. The molecule has 0 atom stereocenters. The summed E-state index contributed by atoms with van der Waals surface area (Å²) in [6, 6.07) is 9.21. The minimum absolute atomic E-state index is 0.310. The van der Waals surface area contributed by atoms with Gasteiger partial charge >= 0.3 is 5.97 Å². The summed E-state index contributed by atoms with van der Waals surface area (Å²) >= 11 is 2.94. The number of thiophene rings is 1. The maximum absolute atomic E-state index is 12.1. The van der Waals surface area contributed by atoms with Crippen molar-refractivity contribution in [3.8, 4) is 0 Å². The van der Waals surface area contributed by atoms with Gasteiger partial charge in [0.25, 0.3) is 5.91 Å². The van der Waals surface area contributed by atoms with Crippen LogP contribution in [-0.4, -0.2) is 23.6 Å². The molecule has 0 aliphatic rings. The van der Waals surface area contributed by atoms with Crippen molar-refractivity contribution in [2.75, 3.05) is 7.11 Å². The van der Waals surface area contributed by atoms with Gasteiger partial charge < -0.3 is 9.30 Å². The van der Waals surface area contributed by atoms with Crippen LogP contribution in [0.25, 0.3) is 16.3 Å². The van der Waals surface area contributed by atoms with Crippen LogP contribution in [-0.2, 0) is 16.1 Å². The van der Waals surface area contributed by atoms with E-state index in [-0.39, 0.29) is 11.9 Å². The minimum atomic E-state index is -0.383. The van der Waals surface area contributed by atoms with Crippen molar-refractivity contribution < 1.29 is 14.3 Å². The molecular weight excluding hydrogens is 356 g/mol. The summed E-state index contributed by atoms with van der Waals surface area (Å²) in [6.45, 7) is 2.67. The first-order chi connectivity index (χ1) is 12.1. The molecule has 0 N–H and O–H groups in total. The Labute approximate surface area is 152 Å². The van der Waals surface area contributed by atoms with E-state index in [1.165, 1.54) is 24.5 Å². The number of benzene rings is 1. The lowest BCUT2D eigenvalue weighted by Gasteiger charge is -2.01. The molecule has 0 radical (unpaired) electrons. The number of rotatable bonds is 4. The molecule has 2 heterocycles. The van der Waals surface area contributed by atoms with E-state index in [0.717, 1.165) is 15.1 Å². The van der Waals surface area contributed by atoms with Crippen molar-refractivity contribution in [2.45, 2.75) is 13.5 Å². The Kier molecular flexibility index (Phi) is 5.25. The van der Waals surface area contributed by atoms with Crippen LogP contribution >= 0.6 is 22.7 Å². The highest BCUT2D eigenvalue weighted by atomic mass is 32.1. The number of carbonyl (C=O) groups excluding carboxylic acids is 2. The van der Waals surface area contributed by atoms with Gasteiger partial charge in [0.2, 0.25) is 0 Å². The molecule has 5 nitrogen and oxygen atoms in total.